The van der Waals surface area contributed by atoms with E-state index in [2.05, 4.69) is 0 Å². The summed E-state index contributed by atoms with van der Waals surface area (Å²) >= 11 is 1.50. The van der Waals surface area contributed by atoms with Gasteiger partial charge in [-0.15, -0.1) is 0 Å². The molecule has 0 bridgehead atoms. The number of hydrogen-bond donors (Lipinski definition) is 0. The van der Waals surface area contributed by atoms with E-state index in [4.69, 9.17) is 4.74 Å². The lowest BCUT2D eigenvalue weighted by Gasteiger charge is -2.13. The van der Waals surface area contributed by atoms with Crippen molar-refractivity contribution in [3.8, 4) is 0 Å². The highest BCUT2D eigenvalue weighted by Crippen LogP contribution is 2.12. The van der Waals surface area contributed by atoms with Crippen molar-refractivity contribution >= 4 is 23.5 Å². The van der Waals surface area contributed by atoms with Crippen LogP contribution in [0.25, 0.3) is 0 Å². The summed E-state index contributed by atoms with van der Waals surface area (Å²) in [5.74, 6) is 1.10. The number of thioether (sulfide) groups is 1. The molecule has 0 aliphatic heterocycles. The van der Waals surface area contributed by atoms with Crippen molar-refractivity contribution in [3.63, 3.8) is 0 Å². The highest BCUT2D eigenvalue weighted by Gasteiger charge is 2.16. The Kier molecular flexibility index (Phi) is 7.47. The number of ether oxygens (including phenoxy) is 1. The van der Waals surface area contributed by atoms with Crippen LogP contribution in [0.3, 0.4) is 0 Å². The second kappa shape index (κ2) is 7.71. The summed E-state index contributed by atoms with van der Waals surface area (Å²) in [7, 11) is 0. The number of Topliss-reactive ketones (excluding diaryl/α,β-unsaturated/α-hetero) is 1. The number of rotatable bonds is 7. The SMILES string of the molecule is CC(C)OC(=O)C(C)CSCC(=O)C(C)C. The monoisotopic (exact) mass is 246 g/mol. The second-order valence-electron chi connectivity index (χ2n) is 4.52. The van der Waals surface area contributed by atoms with E-state index in [1.54, 1.807) is 0 Å². The molecule has 3 nitrogen and oxygen atoms in total. The summed E-state index contributed by atoms with van der Waals surface area (Å²) in [5.41, 5.74) is 0. The Morgan fingerprint density at radius 1 is 1.12 bits per heavy atom. The summed E-state index contributed by atoms with van der Waals surface area (Å²) in [6.45, 7) is 9.27. The smallest absolute Gasteiger partial charge is 0.309 e. The lowest BCUT2D eigenvalue weighted by molar-refractivity contribution is -0.150. The standard InChI is InChI=1S/C12H22O3S/c1-8(2)11(13)7-16-6-10(5)12(14)15-9(3)4/h8-10H,6-7H2,1-5H3. The Hall–Kier alpha value is -0.510. The molecule has 0 rings (SSSR count). The molecule has 0 radical (unpaired) electrons. The molecule has 4 heteroatoms. The van der Waals surface area contributed by atoms with Gasteiger partial charge in [0.15, 0.2) is 0 Å². The largest absolute Gasteiger partial charge is 0.463 e. The van der Waals surface area contributed by atoms with Crippen molar-refractivity contribution in [2.75, 3.05) is 11.5 Å². The highest BCUT2D eigenvalue weighted by atomic mass is 32.2. The Morgan fingerprint density at radius 3 is 2.12 bits per heavy atom. The summed E-state index contributed by atoms with van der Waals surface area (Å²) in [5, 5.41) is 0. The van der Waals surface area contributed by atoms with E-state index in [1.165, 1.54) is 11.8 Å². The van der Waals surface area contributed by atoms with Gasteiger partial charge in [-0.25, -0.2) is 0 Å². The van der Waals surface area contributed by atoms with Gasteiger partial charge < -0.3 is 4.74 Å². The van der Waals surface area contributed by atoms with Crippen molar-refractivity contribution in [1.82, 2.24) is 0 Å². The zero-order valence-electron chi connectivity index (χ0n) is 10.8. The molecule has 0 amide bonds. The molecule has 94 valence electrons. The molecule has 0 heterocycles. The fraction of sp³-hybridized carbons (Fsp3) is 0.833. The highest BCUT2D eigenvalue weighted by molar-refractivity contribution is 7.99. The maximum absolute atomic E-state index is 11.4. The first-order valence-electron chi connectivity index (χ1n) is 5.65. The van der Waals surface area contributed by atoms with Gasteiger partial charge in [-0.1, -0.05) is 20.8 Å². The van der Waals surface area contributed by atoms with Crippen molar-refractivity contribution in [1.29, 1.82) is 0 Å². The molecule has 0 aliphatic carbocycles. The summed E-state index contributed by atoms with van der Waals surface area (Å²) < 4.78 is 5.08. The van der Waals surface area contributed by atoms with Gasteiger partial charge in [0.05, 0.1) is 17.8 Å². The van der Waals surface area contributed by atoms with Crippen LogP contribution in [-0.4, -0.2) is 29.4 Å². The second-order valence-corrected chi connectivity index (χ2v) is 5.55. The van der Waals surface area contributed by atoms with Crippen LogP contribution in [0.15, 0.2) is 0 Å². The minimum Gasteiger partial charge on any atom is -0.463 e. The Morgan fingerprint density at radius 2 is 1.69 bits per heavy atom. The first-order chi connectivity index (χ1) is 7.34. The van der Waals surface area contributed by atoms with Gasteiger partial charge in [-0.3, -0.25) is 9.59 Å². The minimum absolute atomic E-state index is 0.0720. The van der Waals surface area contributed by atoms with Gasteiger partial charge in [0, 0.05) is 11.7 Å². The molecule has 0 fully saturated rings. The molecule has 0 N–H and O–H groups in total. The number of hydrogen-bond acceptors (Lipinski definition) is 4. The van der Waals surface area contributed by atoms with Crippen LogP contribution in [0.5, 0.6) is 0 Å². The number of esters is 1. The lowest BCUT2D eigenvalue weighted by atomic mass is 10.1. The molecule has 0 spiro atoms. The molecule has 0 saturated heterocycles. The Labute approximate surface area is 102 Å². The van der Waals surface area contributed by atoms with E-state index in [0.717, 1.165) is 0 Å². The molecule has 0 aromatic heterocycles. The molecular weight excluding hydrogens is 224 g/mol. The summed E-state index contributed by atoms with van der Waals surface area (Å²) in [6.07, 6.45) is -0.0720. The molecule has 0 aromatic rings. The summed E-state index contributed by atoms with van der Waals surface area (Å²) in [6, 6.07) is 0. The van der Waals surface area contributed by atoms with Crippen LogP contribution in [0.2, 0.25) is 0 Å². The van der Waals surface area contributed by atoms with Crippen molar-refractivity contribution < 1.29 is 14.3 Å². The Bertz CT molecular complexity index is 236. The van der Waals surface area contributed by atoms with Gasteiger partial charge in [-0.05, 0) is 13.8 Å². The molecular formula is C12H22O3S. The lowest BCUT2D eigenvalue weighted by Crippen LogP contribution is -2.21. The van der Waals surface area contributed by atoms with E-state index in [-0.39, 0.29) is 29.7 Å². The third-order valence-electron chi connectivity index (χ3n) is 2.01. The van der Waals surface area contributed by atoms with Crippen LogP contribution in [-0.2, 0) is 14.3 Å². The first kappa shape index (κ1) is 15.5. The molecule has 0 aliphatic rings. The van der Waals surface area contributed by atoms with Crippen molar-refractivity contribution in [2.45, 2.75) is 40.7 Å². The van der Waals surface area contributed by atoms with Gasteiger partial charge >= 0.3 is 5.97 Å². The van der Waals surface area contributed by atoms with Gasteiger partial charge in [-0.2, -0.15) is 11.8 Å². The van der Waals surface area contributed by atoms with E-state index in [9.17, 15) is 9.59 Å². The molecule has 1 unspecified atom stereocenters. The molecule has 1 atom stereocenters. The third kappa shape index (κ3) is 6.88. The third-order valence-corrected chi connectivity index (χ3v) is 3.23. The average Bonchev–Trinajstić information content (AvgIpc) is 2.15. The summed E-state index contributed by atoms with van der Waals surface area (Å²) in [4.78, 5) is 22.8. The number of carbonyl (C=O) groups is 2. The fourth-order valence-corrected chi connectivity index (χ4v) is 2.06. The first-order valence-corrected chi connectivity index (χ1v) is 6.81. The fourth-order valence-electron chi connectivity index (χ4n) is 0.919. The molecule has 16 heavy (non-hydrogen) atoms. The van der Waals surface area contributed by atoms with Crippen LogP contribution in [0.4, 0.5) is 0 Å². The molecule has 0 saturated carbocycles. The van der Waals surface area contributed by atoms with E-state index >= 15 is 0 Å². The van der Waals surface area contributed by atoms with Crippen LogP contribution in [0.1, 0.15) is 34.6 Å². The van der Waals surface area contributed by atoms with E-state index < -0.39 is 0 Å². The number of ketones is 1. The van der Waals surface area contributed by atoms with Crippen LogP contribution < -0.4 is 0 Å². The van der Waals surface area contributed by atoms with E-state index in [1.807, 2.05) is 34.6 Å². The minimum atomic E-state index is -0.181. The quantitative estimate of drug-likeness (QED) is 0.647. The topological polar surface area (TPSA) is 43.4 Å². The van der Waals surface area contributed by atoms with Gasteiger partial charge in [0.1, 0.15) is 5.78 Å². The Balaban J connectivity index is 3.77. The average molecular weight is 246 g/mol. The van der Waals surface area contributed by atoms with Crippen LogP contribution in [0, 0.1) is 11.8 Å². The predicted octanol–water partition coefficient (Wildman–Crippen LogP) is 2.53. The van der Waals surface area contributed by atoms with Crippen molar-refractivity contribution in [2.24, 2.45) is 11.8 Å². The van der Waals surface area contributed by atoms with E-state index in [0.29, 0.717) is 11.5 Å². The maximum Gasteiger partial charge on any atom is 0.309 e. The predicted molar refractivity (Wildman–Crippen MR) is 67.6 cm³/mol. The van der Waals surface area contributed by atoms with Crippen molar-refractivity contribution in [3.05, 3.63) is 0 Å². The zero-order chi connectivity index (χ0) is 12.7. The number of carbonyl (C=O) groups excluding carboxylic acids is 2. The zero-order valence-corrected chi connectivity index (χ0v) is 11.6. The van der Waals surface area contributed by atoms with Gasteiger partial charge in [0.25, 0.3) is 0 Å². The van der Waals surface area contributed by atoms with Gasteiger partial charge in [0.2, 0.25) is 0 Å². The molecule has 0 aromatic carbocycles. The maximum atomic E-state index is 11.4. The van der Waals surface area contributed by atoms with Crippen LogP contribution >= 0.6 is 11.8 Å². The normalized spacial score (nSPS) is 12.9.